The molecule has 2 nitrogen and oxygen atoms in total. The zero-order valence-electron chi connectivity index (χ0n) is 7.13. The second kappa shape index (κ2) is 2.70. The first-order valence-electron chi connectivity index (χ1n) is 4.29. The predicted molar refractivity (Wildman–Crippen MR) is 46.0 cm³/mol. The SMILES string of the molecule is Oc1cc(F)ccc1CC1(O)CC1. The molecule has 0 unspecified atom stereocenters. The van der Waals surface area contributed by atoms with Gasteiger partial charge >= 0.3 is 0 Å². The van der Waals surface area contributed by atoms with Crippen LogP contribution in [0.1, 0.15) is 18.4 Å². The van der Waals surface area contributed by atoms with Crippen LogP contribution in [0.15, 0.2) is 18.2 Å². The lowest BCUT2D eigenvalue weighted by Gasteiger charge is -2.08. The zero-order valence-corrected chi connectivity index (χ0v) is 7.13. The largest absolute Gasteiger partial charge is 0.508 e. The fraction of sp³-hybridized carbons (Fsp3) is 0.400. The molecule has 13 heavy (non-hydrogen) atoms. The second-order valence-electron chi connectivity index (χ2n) is 3.67. The molecule has 0 bridgehead atoms. The van der Waals surface area contributed by atoms with Crippen LogP contribution in [0.3, 0.4) is 0 Å². The standard InChI is InChI=1S/C10H11FO2/c11-8-2-1-7(9(12)5-8)6-10(13)3-4-10/h1-2,5,12-13H,3-4,6H2. The Balaban J connectivity index is 2.20. The van der Waals surface area contributed by atoms with Gasteiger partial charge in [0.1, 0.15) is 11.6 Å². The van der Waals surface area contributed by atoms with Crippen molar-refractivity contribution >= 4 is 0 Å². The molecule has 1 aromatic rings. The van der Waals surface area contributed by atoms with Gasteiger partial charge in [-0.15, -0.1) is 0 Å². The van der Waals surface area contributed by atoms with Gasteiger partial charge in [-0.05, 0) is 24.5 Å². The molecule has 0 spiro atoms. The highest BCUT2D eigenvalue weighted by atomic mass is 19.1. The summed E-state index contributed by atoms with van der Waals surface area (Å²) in [5, 5.41) is 18.9. The molecule has 70 valence electrons. The summed E-state index contributed by atoms with van der Waals surface area (Å²) in [6, 6.07) is 3.88. The lowest BCUT2D eigenvalue weighted by atomic mass is 10.1. The van der Waals surface area contributed by atoms with E-state index < -0.39 is 11.4 Å². The van der Waals surface area contributed by atoms with E-state index in [1.54, 1.807) is 0 Å². The first kappa shape index (κ1) is 8.51. The normalized spacial score (nSPS) is 18.6. The van der Waals surface area contributed by atoms with Crippen molar-refractivity contribution in [3.63, 3.8) is 0 Å². The summed E-state index contributed by atoms with van der Waals surface area (Å²) in [7, 11) is 0. The predicted octanol–water partition coefficient (Wildman–Crippen LogP) is 1.60. The van der Waals surface area contributed by atoms with E-state index in [4.69, 9.17) is 0 Å². The van der Waals surface area contributed by atoms with Crippen molar-refractivity contribution in [2.75, 3.05) is 0 Å². The Hall–Kier alpha value is -1.09. The van der Waals surface area contributed by atoms with Gasteiger partial charge in [-0.3, -0.25) is 0 Å². The third kappa shape index (κ3) is 1.80. The molecule has 3 heteroatoms. The fourth-order valence-corrected chi connectivity index (χ4v) is 1.36. The lowest BCUT2D eigenvalue weighted by molar-refractivity contribution is 0.150. The first-order valence-corrected chi connectivity index (χ1v) is 4.29. The molecule has 0 radical (unpaired) electrons. The Morgan fingerprint density at radius 3 is 2.62 bits per heavy atom. The molecule has 0 amide bonds. The van der Waals surface area contributed by atoms with Crippen LogP contribution in [-0.4, -0.2) is 15.8 Å². The van der Waals surface area contributed by atoms with Crippen molar-refractivity contribution in [3.8, 4) is 5.75 Å². The van der Waals surface area contributed by atoms with Crippen molar-refractivity contribution < 1.29 is 14.6 Å². The number of hydrogen-bond acceptors (Lipinski definition) is 2. The topological polar surface area (TPSA) is 40.5 Å². The Morgan fingerprint density at radius 2 is 2.08 bits per heavy atom. The molecule has 0 aromatic heterocycles. The molecular formula is C10H11FO2. The van der Waals surface area contributed by atoms with Gasteiger partial charge in [-0.2, -0.15) is 0 Å². The summed E-state index contributed by atoms with van der Waals surface area (Å²) in [5.41, 5.74) is -0.0311. The third-order valence-electron chi connectivity index (χ3n) is 2.39. The average molecular weight is 182 g/mol. The minimum Gasteiger partial charge on any atom is -0.508 e. The molecule has 1 aliphatic rings. The van der Waals surface area contributed by atoms with E-state index in [9.17, 15) is 14.6 Å². The van der Waals surface area contributed by atoms with Crippen molar-refractivity contribution in [2.24, 2.45) is 0 Å². The van der Waals surface area contributed by atoms with Gasteiger partial charge in [0.05, 0.1) is 5.60 Å². The molecule has 2 rings (SSSR count). The van der Waals surface area contributed by atoms with E-state index in [1.165, 1.54) is 12.1 Å². The smallest absolute Gasteiger partial charge is 0.126 e. The van der Waals surface area contributed by atoms with Crippen LogP contribution in [-0.2, 0) is 6.42 Å². The quantitative estimate of drug-likeness (QED) is 0.729. The van der Waals surface area contributed by atoms with E-state index in [1.807, 2.05) is 0 Å². The number of halogens is 1. The van der Waals surface area contributed by atoms with Crippen LogP contribution < -0.4 is 0 Å². The van der Waals surface area contributed by atoms with Crippen molar-refractivity contribution in [2.45, 2.75) is 24.9 Å². The number of phenolic OH excluding ortho intramolecular Hbond substituents is 1. The van der Waals surface area contributed by atoms with Crippen LogP contribution in [0.5, 0.6) is 5.75 Å². The molecule has 1 saturated carbocycles. The third-order valence-corrected chi connectivity index (χ3v) is 2.39. The lowest BCUT2D eigenvalue weighted by Crippen LogP contribution is -2.10. The maximum absolute atomic E-state index is 12.6. The van der Waals surface area contributed by atoms with Crippen molar-refractivity contribution in [1.82, 2.24) is 0 Å². The molecular weight excluding hydrogens is 171 g/mol. The monoisotopic (exact) mass is 182 g/mol. The van der Waals surface area contributed by atoms with Crippen molar-refractivity contribution in [3.05, 3.63) is 29.6 Å². The van der Waals surface area contributed by atoms with Crippen LogP contribution in [0, 0.1) is 5.82 Å². The number of rotatable bonds is 2. The molecule has 2 N–H and O–H groups in total. The Labute approximate surface area is 75.6 Å². The number of aliphatic hydroxyl groups is 1. The highest BCUT2D eigenvalue weighted by Crippen LogP contribution is 2.39. The highest BCUT2D eigenvalue weighted by molar-refractivity contribution is 5.34. The Bertz CT molecular complexity index is 332. The van der Waals surface area contributed by atoms with Crippen LogP contribution in [0.25, 0.3) is 0 Å². The molecule has 1 aliphatic carbocycles. The maximum Gasteiger partial charge on any atom is 0.126 e. The molecule has 1 fully saturated rings. The summed E-state index contributed by atoms with van der Waals surface area (Å²) in [6.45, 7) is 0. The van der Waals surface area contributed by atoms with Gasteiger partial charge in [0.25, 0.3) is 0 Å². The van der Waals surface area contributed by atoms with Gasteiger partial charge in [-0.1, -0.05) is 6.07 Å². The Morgan fingerprint density at radius 1 is 1.38 bits per heavy atom. The van der Waals surface area contributed by atoms with Crippen LogP contribution in [0.2, 0.25) is 0 Å². The second-order valence-corrected chi connectivity index (χ2v) is 3.67. The van der Waals surface area contributed by atoms with Gasteiger partial charge < -0.3 is 10.2 Å². The van der Waals surface area contributed by atoms with E-state index in [-0.39, 0.29) is 5.75 Å². The number of benzene rings is 1. The molecule has 1 aromatic carbocycles. The van der Waals surface area contributed by atoms with E-state index in [0.717, 1.165) is 18.9 Å². The summed E-state index contributed by atoms with van der Waals surface area (Å²) >= 11 is 0. The number of aromatic hydroxyl groups is 1. The number of hydrogen-bond donors (Lipinski definition) is 2. The fourth-order valence-electron chi connectivity index (χ4n) is 1.36. The minimum atomic E-state index is -0.644. The summed E-state index contributed by atoms with van der Waals surface area (Å²) in [4.78, 5) is 0. The molecule has 0 atom stereocenters. The minimum absolute atomic E-state index is 0.0691. The van der Waals surface area contributed by atoms with Crippen LogP contribution >= 0.6 is 0 Å². The molecule has 0 aliphatic heterocycles. The number of phenols is 1. The van der Waals surface area contributed by atoms with Crippen LogP contribution in [0.4, 0.5) is 4.39 Å². The Kier molecular flexibility index (Phi) is 1.77. The van der Waals surface area contributed by atoms with E-state index in [0.29, 0.717) is 12.0 Å². The van der Waals surface area contributed by atoms with Gasteiger partial charge in [-0.25, -0.2) is 4.39 Å². The van der Waals surface area contributed by atoms with Gasteiger partial charge in [0.15, 0.2) is 0 Å². The average Bonchev–Trinajstić information content (AvgIpc) is 2.75. The van der Waals surface area contributed by atoms with Crippen molar-refractivity contribution in [1.29, 1.82) is 0 Å². The summed E-state index contributed by atoms with van der Waals surface area (Å²) < 4.78 is 12.6. The van der Waals surface area contributed by atoms with E-state index >= 15 is 0 Å². The summed E-state index contributed by atoms with van der Waals surface area (Å²) in [5.74, 6) is -0.524. The first-order chi connectivity index (χ1) is 6.09. The maximum atomic E-state index is 12.6. The zero-order chi connectivity index (χ0) is 9.47. The van der Waals surface area contributed by atoms with Gasteiger partial charge in [0.2, 0.25) is 0 Å². The van der Waals surface area contributed by atoms with E-state index in [2.05, 4.69) is 0 Å². The molecule has 0 heterocycles. The highest BCUT2D eigenvalue weighted by Gasteiger charge is 2.40. The molecule has 0 saturated heterocycles. The summed E-state index contributed by atoms with van der Waals surface area (Å²) in [6.07, 6.45) is 1.95. The van der Waals surface area contributed by atoms with Gasteiger partial charge in [0, 0.05) is 12.5 Å².